The molecule has 2 heterocycles. The Morgan fingerprint density at radius 3 is 2.52 bits per heavy atom. The van der Waals surface area contributed by atoms with Gasteiger partial charge in [0.05, 0.1) is 11.3 Å². The van der Waals surface area contributed by atoms with Crippen LogP contribution in [-0.4, -0.2) is 56.0 Å². The van der Waals surface area contributed by atoms with Gasteiger partial charge >= 0.3 is 0 Å². The lowest BCUT2D eigenvalue weighted by Crippen LogP contribution is -2.50. The summed E-state index contributed by atoms with van der Waals surface area (Å²) in [6, 6.07) is 4.21. The fourth-order valence-corrected chi connectivity index (χ4v) is 4.87. The number of carbonyl (C=O) groups excluding carboxylic acids is 1. The second kappa shape index (κ2) is 6.01. The molecule has 0 unspecified atom stereocenters. The number of thiophene rings is 1. The molecular weight excluding hydrogens is 363 g/mol. The third-order valence-corrected chi connectivity index (χ3v) is 6.73. The van der Waals surface area contributed by atoms with Gasteiger partial charge in [0.15, 0.2) is 0 Å². The molecule has 9 heteroatoms. The van der Waals surface area contributed by atoms with Crippen LogP contribution in [0.5, 0.6) is 0 Å². The van der Waals surface area contributed by atoms with E-state index in [1.807, 2.05) is 0 Å². The molecule has 3 rings (SSSR count). The smallest absolute Gasteiger partial charge is 0.265 e. The SMILES string of the molecule is CS(=O)(=O)N1CCN(C(=O)c2sc3cc(F)ccc3c2Cl)CC1. The number of halogens is 2. The van der Waals surface area contributed by atoms with Crippen LogP contribution in [-0.2, 0) is 10.0 Å². The Hall–Kier alpha value is -1.22. The normalized spacial score (nSPS) is 16.9. The van der Waals surface area contributed by atoms with Gasteiger partial charge in [0.25, 0.3) is 5.91 Å². The van der Waals surface area contributed by atoms with Crippen LogP contribution in [0.25, 0.3) is 10.1 Å². The number of carbonyl (C=O) groups is 1. The van der Waals surface area contributed by atoms with Gasteiger partial charge in [0, 0.05) is 36.3 Å². The van der Waals surface area contributed by atoms with Crippen molar-refractivity contribution >= 4 is 49.0 Å². The van der Waals surface area contributed by atoms with Gasteiger partial charge in [0.1, 0.15) is 10.7 Å². The van der Waals surface area contributed by atoms with Crippen LogP contribution >= 0.6 is 22.9 Å². The molecule has 1 saturated heterocycles. The largest absolute Gasteiger partial charge is 0.335 e. The number of piperazine rings is 1. The molecule has 5 nitrogen and oxygen atoms in total. The van der Waals surface area contributed by atoms with Gasteiger partial charge in [-0.25, -0.2) is 12.8 Å². The van der Waals surface area contributed by atoms with E-state index in [9.17, 15) is 17.6 Å². The van der Waals surface area contributed by atoms with Gasteiger partial charge in [-0.3, -0.25) is 4.79 Å². The van der Waals surface area contributed by atoms with Crippen LogP contribution in [0.3, 0.4) is 0 Å². The van der Waals surface area contributed by atoms with E-state index in [4.69, 9.17) is 11.6 Å². The average Bonchev–Trinajstić information content (AvgIpc) is 2.82. The Balaban J connectivity index is 1.83. The first kappa shape index (κ1) is 16.6. The summed E-state index contributed by atoms with van der Waals surface area (Å²) >= 11 is 7.41. The second-order valence-corrected chi connectivity index (χ2v) is 8.75. The fourth-order valence-electron chi connectivity index (χ4n) is 2.54. The number of rotatable bonds is 2. The van der Waals surface area contributed by atoms with E-state index < -0.39 is 10.0 Å². The highest BCUT2D eigenvalue weighted by Crippen LogP contribution is 2.36. The lowest BCUT2D eigenvalue weighted by atomic mass is 10.2. The van der Waals surface area contributed by atoms with Gasteiger partial charge in [-0.2, -0.15) is 4.31 Å². The van der Waals surface area contributed by atoms with Crippen molar-refractivity contribution in [3.63, 3.8) is 0 Å². The summed E-state index contributed by atoms with van der Waals surface area (Å²) in [6.07, 6.45) is 1.15. The number of fused-ring (bicyclic) bond motifs is 1. The molecule has 1 aromatic heterocycles. The van der Waals surface area contributed by atoms with Crippen molar-refractivity contribution < 1.29 is 17.6 Å². The van der Waals surface area contributed by atoms with Crippen molar-refractivity contribution in [3.05, 3.63) is 33.9 Å². The zero-order valence-electron chi connectivity index (χ0n) is 12.3. The third-order valence-electron chi connectivity index (χ3n) is 3.78. The highest BCUT2D eigenvalue weighted by atomic mass is 35.5. The number of amides is 1. The van der Waals surface area contributed by atoms with E-state index in [1.54, 1.807) is 11.0 Å². The maximum absolute atomic E-state index is 13.3. The first-order chi connectivity index (χ1) is 10.8. The predicted octanol–water partition coefficient (Wildman–Crippen LogP) is 2.41. The molecule has 0 saturated carbocycles. The molecule has 0 radical (unpaired) electrons. The molecule has 1 fully saturated rings. The molecule has 2 aromatic rings. The zero-order valence-corrected chi connectivity index (χ0v) is 14.6. The van der Waals surface area contributed by atoms with E-state index in [0.717, 1.165) is 17.6 Å². The van der Waals surface area contributed by atoms with Crippen LogP contribution in [0.2, 0.25) is 5.02 Å². The van der Waals surface area contributed by atoms with Crippen molar-refractivity contribution in [2.75, 3.05) is 32.4 Å². The lowest BCUT2D eigenvalue weighted by molar-refractivity contribution is 0.0703. The summed E-state index contributed by atoms with van der Waals surface area (Å²) in [5.41, 5.74) is 0. The van der Waals surface area contributed by atoms with E-state index in [1.165, 1.54) is 16.4 Å². The molecule has 1 aromatic carbocycles. The van der Waals surface area contributed by atoms with Crippen molar-refractivity contribution in [1.82, 2.24) is 9.21 Å². The van der Waals surface area contributed by atoms with Crippen molar-refractivity contribution in [2.24, 2.45) is 0 Å². The van der Waals surface area contributed by atoms with Crippen molar-refractivity contribution in [3.8, 4) is 0 Å². The zero-order chi connectivity index (χ0) is 16.8. The molecule has 1 aliphatic heterocycles. The number of benzene rings is 1. The Morgan fingerprint density at radius 1 is 1.26 bits per heavy atom. The van der Waals surface area contributed by atoms with Gasteiger partial charge in [-0.15, -0.1) is 11.3 Å². The minimum Gasteiger partial charge on any atom is -0.335 e. The Kier molecular flexibility index (Phi) is 4.35. The number of hydrogen-bond acceptors (Lipinski definition) is 4. The molecule has 0 atom stereocenters. The topological polar surface area (TPSA) is 57.7 Å². The van der Waals surface area contributed by atoms with Crippen molar-refractivity contribution in [1.29, 1.82) is 0 Å². The van der Waals surface area contributed by atoms with Crippen LogP contribution in [0.1, 0.15) is 9.67 Å². The van der Waals surface area contributed by atoms with Crippen LogP contribution in [0.4, 0.5) is 4.39 Å². The standard InChI is InChI=1S/C14H14ClFN2O3S2/c1-23(20,21)18-6-4-17(5-7-18)14(19)13-12(15)10-3-2-9(16)8-11(10)22-13/h2-3,8H,4-7H2,1H3. The molecule has 0 bridgehead atoms. The summed E-state index contributed by atoms with van der Waals surface area (Å²) in [7, 11) is -3.24. The van der Waals surface area contributed by atoms with Crippen LogP contribution in [0.15, 0.2) is 18.2 Å². The number of hydrogen-bond donors (Lipinski definition) is 0. The van der Waals surface area contributed by atoms with Crippen LogP contribution in [0, 0.1) is 5.82 Å². The van der Waals surface area contributed by atoms with Gasteiger partial charge in [-0.05, 0) is 18.2 Å². The molecule has 0 spiro atoms. The third kappa shape index (κ3) is 3.21. The van der Waals surface area contributed by atoms with E-state index >= 15 is 0 Å². The molecule has 124 valence electrons. The molecule has 1 amide bonds. The summed E-state index contributed by atoms with van der Waals surface area (Å²) < 4.78 is 38.3. The average molecular weight is 377 g/mol. The molecule has 1 aliphatic rings. The minimum atomic E-state index is -3.24. The first-order valence-electron chi connectivity index (χ1n) is 6.89. The van der Waals surface area contributed by atoms with Crippen molar-refractivity contribution in [2.45, 2.75) is 0 Å². The predicted molar refractivity (Wildman–Crippen MR) is 89.1 cm³/mol. The molecule has 23 heavy (non-hydrogen) atoms. The quantitative estimate of drug-likeness (QED) is 0.808. The lowest BCUT2D eigenvalue weighted by Gasteiger charge is -2.33. The summed E-state index contributed by atoms with van der Waals surface area (Å²) in [4.78, 5) is 14.6. The Labute approximate surface area is 142 Å². The second-order valence-electron chi connectivity index (χ2n) is 5.34. The van der Waals surface area contributed by atoms with Gasteiger partial charge in [-0.1, -0.05) is 11.6 Å². The summed E-state index contributed by atoms with van der Waals surface area (Å²) in [5, 5.41) is 0.969. The number of sulfonamides is 1. The monoisotopic (exact) mass is 376 g/mol. The summed E-state index contributed by atoms with van der Waals surface area (Å²) in [6.45, 7) is 1.15. The summed E-state index contributed by atoms with van der Waals surface area (Å²) in [5.74, 6) is -0.624. The van der Waals surface area contributed by atoms with Crippen LogP contribution < -0.4 is 0 Å². The maximum Gasteiger partial charge on any atom is 0.265 e. The van der Waals surface area contributed by atoms with Gasteiger partial charge in [0.2, 0.25) is 10.0 Å². The van der Waals surface area contributed by atoms with E-state index in [2.05, 4.69) is 0 Å². The van der Waals surface area contributed by atoms with Gasteiger partial charge < -0.3 is 4.90 Å². The van der Waals surface area contributed by atoms with E-state index in [-0.39, 0.29) is 24.8 Å². The Bertz CT molecular complexity index is 874. The molecule has 0 aliphatic carbocycles. The number of nitrogens with zero attached hydrogens (tertiary/aromatic N) is 2. The minimum absolute atomic E-state index is 0.246. The molecular formula is C14H14ClFN2O3S2. The highest BCUT2D eigenvalue weighted by molar-refractivity contribution is 7.88. The Morgan fingerprint density at radius 2 is 1.91 bits per heavy atom. The van der Waals surface area contributed by atoms with E-state index in [0.29, 0.717) is 33.1 Å². The first-order valence-corrected chi connectivity index (χ1v) is 9.93. The maximum atomic E-state index is 13.3. The fraction of sp³-hybridized carbons (Fsp3) is 0.357. The highest BCUT2D eigenvalue weighted by Gasteiger charge is 2.29. The molecule has 0 N–H and O–H groups in total.